The van der Waals surface area contributed by atoms with E-state index in [-0.39, 0.29) is 0 Å². The van der Waals surface area contributed by atoms with E-state index in [1.54, 1.807) is 0 Å². The van der Waals surface area contributed by atoms with Crippen molar-refractivity contribution in [2.45, 2.75) is 5.41 Å². The lowest BCUT2D eigenvalue weighted by Gasteiger charge is -2.39. The number of fused-ring (bicyclic) bond motifs is 4. The molecule has 0 saturated heterocycles. The second-order valence-corrected chi connectivity index (χ2v) is 19.1. The van der Waals surface area contributed by atoms with Crippen molar-refractivity contribution in [3.8, 4) is 11.1 Å². The van der Waals surface area contributed by atoms with Gasteiger partial charge in [0.2, 0.25) is 0 Å². The van der Waals surface area contributed by atoms with Crippen LogP contribution < -0.4 is 14.7 Å². The molecule has 0 N–H and O–H groups in total. The van der Waals surface area contributed by atoms with Crippen LogP contribution in [0, 0.1) is 0 Å². The highest BCUT2D eigenvalue weighted by atomic mass is 15.2. The molecule has 14 rings (SSSR count). The summed E-state index contributed by atoms with van der Waals surface area (Å²) >= 11 is 0. The molecular formula is C71H49N3. The number of benzene rings is 13. The third kappa shape index (κ3) is 6.67. The molecule has 74 heavy (non-hydrogen) atoms. The molecule has 0 aliphatic heterocycles. The van der Waals surface area contributed by atoms with Crippen molar-refractivity contribution in [2.75, 3.05) is 14.7 Å². The Morgan fingerprint density at radius 1 is 0.257 bits per heavy atom. The average molecular weight is 944 g/mol. The molecule has 3 nitrogen and oxygen atoms in total. The van der Waals surface area contributed by atoms with Crippen molar-refractivity contribution in [1.82, 2.24) is 0 Å². The minimum atomic E-state index is -0.707. The first-order chi connectivity index (χ1) is 36.8. The summed E-state index contributed by atoms with van der Waals surface area (Å²) in [5.74, 6) is 0. The van der Waals surface area contributed by atoms with Gasteiger partial charge in [-0.1, -0.05) is 218 Å². The maximum atomic E-state index is 2.54. The standard InChI is InChI=1S/C71H49N3/c1-9-27-50(28-10-1)71(51-29-11-2-12-30-51)63-44-26-25-43-58(63)68-61-47-45-59-64(72(52-31-13-3-14-32-52)53-33-15-4-16-34-53)49-65(73(54-35-17-5-18-36-54)55-37-19-6-20-38-55)60-46-48-62(67(61)66(59)60)70(69(68)71)74(56-39-21-7-22-40-56)57-41-23-8-24-42-57/h1-49H. The predicted molar refractivity (Wildman–Crippen MR) is 311 cm³/mol. The van der Waals surface area contributed by atoms with Crippen molar-refractivity contribution in [2.24, 2.45) is 0 Å². The van der Waals surface area contributed by atoms with Gasteiger partial charge in [0.15, 0.2) is 0 Å². The Morgan fingerprint density at radius 3 is 0.973 bits per heavy atom. The van der Waals surface area contributed by atoms with Gasteiger partial charge in [-0.2, -0.15) is 0 Å². The largest absolute Gasteiger partial charge is 0.310 e. The Kier molecular flexibility index (Phi) is 10.4. The Labute approximate surface area is 432 Å². The van der Waals surface area contributed by atoms with E-state index >= 15 is 0 Å². The molecule has 13 aromatic rings. The molecule has 0 heterocycles. The second-order valence-electron chi connectivity index (χ2n) is 19.1. The fourth-order valence-electron chi connectivity index (χ4n) is 12.3. The number of anilines is 9. The van der Waals surface area contributed by atoms with E-state index < -0.39 is 5.41 Å². The molecule has 1 aliphatic carbocycles. The second kappa shape index (κ2) is 17.9. The van der Waals surface area contributed by atoms with Crippen molar-refractivity contribution >= 4 is 83.5 Å². The van der Waals surface area contributed by atoms with Crippen LogP contribution in [-0.4, -0.2) is 0 Å². The Balaban J connectivity index is 1.23. The summed E-state index contributed by atoms with van der Waals surface area (Å²) in [4.78, 5) is 7.43. The first-order valence-corrected chi connectivity index (χ1v) is 25.5. The highest BCUT2D eigenvalue weighted by molar-refractivity contribution is 6.34. The van der Waals surface area contributed by atoms with E-state index in [4.69, 9.17) is 0 Å². The molecule has 13 aromatic carbocycles. The van der Waals surface area contributed by atoms with Crippen LogP contribution >= 0.6 is 0 Å². The molecule has 0 unspecified atom stereocenters. The van der Waals surface area contributed by atoms with Crippen molar-refractivity contribution < 1.29 is 0 Å². The summed E-state index contributed by atoms with van der Waals surface area (Å²) < 4.78 is 0. The number of hydrogen-bond acceptors (Lipinski definition) is 3. The summed E-state index contributed by atoms with van der Waals surface area (Å²) in [7, 11) is 0. The van der Waals surface area contributed by atoms with Gasteiger partial charge >= 0.3 is 0 Å². The minimum absolute atomic E-state index is 0.707. The van der Waals surface area contributed by atoms with E-state index in [0.29, 0.717) is 0 Å². The third-order valence-corrected chi connectivity index (χ3v) is 15.2. The Hall–Kier alpha value is -9.70. The van der Waals surface area contributed by atoms with Crippen molar-refractivity contribution in [3.05, 3.63) is 320 Å². The number of para-hydroxylation sites is 6. The number of nitrogens with zero attached hydrogens (tertiary/aromatic N) is 3. The first-order valence-electron chi connectivity index (χ1n) is 25.5. The lowest BCUT2D eigenvalue weighted by atomic mass is 9.66. The zero-order valence-electron chi connectivity index (χ0n) is 40.6. The van der Waals surface area contributed by atoms with Gasteiger partial charge in [0, 0.05) is 66.6 Å². The SMILES string of the molecule is c1ccc(N(c2ccccc2)c2cc(N(c3ccccc3)c3ccccc3)c3ccc4c(N(c5ccccc5)c5ccccc5)c5c(c6ccc2c3c64)-c2ccccc2C5(c2ccccc2)c2ccccc2)cc1. The first kappa shape index (κ1) is 43.1. The van der Waals surface area contributed by atoms with Gasteiger partial charge in [0.25, 0.3) is 0 Å². The Morgan fingerprint density at radius 2 is 0.568 bits per heavy atom. The smallest absolute Gasteiger partial charge is 0.0734 e. The third-order valence-electron chi connectivity index (χ3n) is 15.2. The zero-order valence-corrected chi connectivity index (χ0v) is 40.6. The van der Waals surface area contributed by atoms with Crippen LogP contribution in [0.4, 0.5) is 51.2 Å². The molecule has 3 heteroatoms. The van der Waals surface area contributed by atoms with Gasteiger partial charge in [0.1, 0.15) is 0 Å². The molecule has 0 aromatic heterocycles. The molecule has 1 aliphatic rings. The quantitative estimate of drug-likeness (QED) is 0.120. The van der Waals surface area contributed by atoms with E-state index in [0.717, 1.165) is 62.0 Å². The molecule has 0 saturated carbocycles. The lowest BCUT2D eigenvalue weighted by Crippen LogP contribution is -2.30. The fraction of sp³-hybridized carbons (Fsp3) is 0.0141. The maximum absolute atomic E-state index is 2.54. The van der Waals surface area contributed by atoms with Crippen molar-refractivity contribution in [3.63, 3.8) is 0 Å². The lowest BCUT2D eigenvalue weighted by molar-refractivity contribution is 0.769. The van der Waals surface area contributed by atoms with Crippen LogP contribution in [0.2, 0.25) is 0 Å². The molecule has 0 radical (unpaired) electrons. The van der Waals surface area contributed by atoms with E-state index in [9.17, 15) is 0 Å². The van der Waals surface area contributed by atoms with E-state index in [2.05, 4.69) is 312 Å². The summed E-state index contributed by atoms with van der Waals surface area (Å²) in [6.45, 7) is 0. The maximum Gasteiger partial charge on any atom is 0.0734 e. The normalized spacial score (nSPS) is 12.4. The van der Waals surface area contributed by atoms with Gasteiger partial charge in [-0.25, -0.2) is 0 Å². The van der Waals surface area contributed by atoms with Gasteiger partial charge in [-0.15, -0.1) is 0 Å². The van der Waals surface area contributed by atoms with Crippen LogP contribution in [-0.2, 0) is 5.41 Å². The van der Waals surface area contributed by atoms with Gasteiger partial charge in [-0.05, 0) is 112 Å². The molecule has 0 spiro atoms. The van der Waals surface area contributed by atoms with E-state index in [1.807, 2.05) is 0 Å². The predicted octanol–water partition coefficient (Wildman–Crippen LogP) is 19.4. The van der Waals surface area contributed by atoms with Crippen LogP contribution in [0.5, 0.6) is 0 Å². The van der Waals surface area contributed by atoms with Crippen LogP contribution in [0.3, 0.4) is 0 Å². The highest BCUT2D eigenvalue weighted by Gasteiger charge is 2.50. The molecule has 0 fully saturated rings. The highest BCUT2D eigenvalue weighted by Crippen LogP contribution is 2.64. The number of rotatable bonds is 11. The van der Waals surface area contributed by atoms with Crippen LogP contribution in [0.15, 0.2) is 297 Å². The molecular weight excluding hydrogens is 895 g/mol. The molecule has 0 amide bonds. The summed E-state index contributed by atoms with van der Waals surface area (Å²) in [5.41, 5.74) is 16.6. The summed E-state index contributed by atoms with van der Waals surface area (Å²) in [6.07, 6.45) is 0. The van der Waals surface area contributed by atoms with E-state index in [1.165, 1.54) is 54.9 Å². The summed E-state index contributed by atoms with van der Waals surface area (Å²) in [5, 5.41) is 7.16. The molecule has 0 bridgehead atoms. The van der Waals surface area contributed by atoms with Gasteiger partial charge < -0.3 is 14.7 Å². The average Bonchev–Trinajstić information content (AvgIpc) is 3.81. The zero-order chi connectivity index (χ0) is 49.0. The Bertz CT molecular complexity index is 3840. The van der Waals surface area contributed by atoms with Gasteiger partial charge in [-0.3, -0.25) is 0 Å². The number of hydrogen-bond donors (Lipinski definition) is 0. The van der Waals surface area contributed by atoms with Crippen molar-refractivity contribution in [1.29, 1.82) is 0 Å². The van der Waals surface area contributed by atoms with Gasteiger partial charge in [0.05, 0.1) is 22.5 Å². The summed E-state index contributed by atoms with van der Waals surface area (Å²) in [6, 6.07) is 109. The van der Waals surface area contributed by atoms with Crippen LogP contribution in [0.1, 0.15) is 22.3 Å². The molecule has 348 valence electrons. The fourth-order valence-corrected chi connectivity index (χ4v) is 12.3. The minimum Gasteiger partial charge on any atom is -0.310 e. The molecule has 0 atom stereocenters. The van der Waals surface area contributed by atoms with Crippen LogP contribution in [0.25, 0.3) is 43.4 Å². The monoisotopic (exact) mass is 943 g/mol. The topological polar surface area (TPSA) is 9.72 Å².